The molecule has 186 valence electrons. The van der Waals surface area contributed by atoms with Crippen LogP contribution in [-0.2, 0) is 6.18 Å². The fourth-order valence-corrected chi connectivity index (χ4v) is 3.77. The Bertz CT molecular complexity index is 1630. The molecule has 5 rings (SSSR count). The van der Waals surface area contributed by atoms with Crippen molar-refractivity contribution in [3.05, 3.63) is 83.8 Å². The van der Waals surface area contributed by atoms with Crippen LogP contribution in [0, 0.1) is 13.8 Å². The fourth-order valence-electron chi connectivity index (χ4n) is 3.77. The number of benzene rings is 1. The van der Waals surface area contributed by atoms with Crippen molar-refractivity contribution >= 4 is 34.3 Å². The summed E-state index contributed by atoms with van der Waals surface area (Å²) in [5, 5.41) is 5.89. The first-order chi connectivity index (χ1) is 17.7. The molecule has 0 spiro atoms. The molecule has 12 heteroatoms. The second-order valence-electron chi connectivity index (χ2n) is 8.21. The van der Waals surface area contributed by atoms with Crippen molar-refractivity contribution in [2.45, 2.75) is 20.0 Å². The molecular formula is C25H19F3N8O. The van der Waals surface area contributed by atoms with Gasteiger partial charge in [-0.3, -0.25) is 4.79 Å². The average Bonchev–Trinajstić information content (AvgIpc) is 3.35. The molecule has 0 aliphatic carbocycles. The van der Waals surface area contributed by atoms with E-state index in [-0.39, 0.29) is 11.4 Å². The normalized spacial score (nSPS) is 11.5. The number of hydrogen-bond acceptors (Lipinski definition) is 7. The van der Waals surface area contributed by atoms with Crippen molar-refractivity contribution in [2.75, 3.05) is 10.6 Å². The quantitative estimate of drug-likeness (QED) is 0.291. The molecule has 9 nitrogen and oxygen atoms in total. The SMILES string of the molecule is Cc1cc(C(F)(F)F)cc(C(=O)Nc2ccc(C)c(Nc3ncccc3-c3ncnc4nc[nH]c34)c2)n1. The zero-order valence-corrected chi connectivity index (χ0v) is 19.6. The lowest BCUT2D eigenvalue weighted by molar-refractivity contribution is -0.137. The van der Waals surface area contributed by atoms with Crippen molar-refractivity contribution < 1.29 is 18.0 Å². The molecule has 1 amide bonds. The molecule has 3 N–H and O–H groups in total. The van der Waals surface area contributed by atoms with Crippen LogP contribution < -0.4 is 10.6 Å². The molecule has 0 radical (unpaired) electrons. The number of amides is 1. The van der Waals surface area contributed by atoms with Crippen LogP contribution in [0.1, 0.15) is 27.3 Å². The van der Waals surface area contributed by atoms with Crippen LogP contribution >= 0.6 is 0 Å². The number of carbonyl (C=O) groups is 1. The van der Waals surface area contributed by atoms with Gasteiger partial charge >= 0.3 is 6.18 Å². The minimum absolute atomic E-state index is 0.0880. The highest BCUT2D eigenvalue weighted by Crippen LogP contribution is 2.33. The number of aryl methyl sites for hydroxylation is 2. The Balaban J connectivity index is 1.44. The summed E-state index contributed by atoms with van der Waals surface area (Å²) in [5.41, 5.74) is 3.12. The number of pyridine rings is 2. The van der Waals surface area contributed by atoms with Gasteiger partial charge in [-0.25, -0.2) is 24.9 Å². The maximum atomic E-state index is 13.2. The Hall–Kier alpha value is -4.87. The van der Waals surface area contributed by atoms with Gasteiger partial charge in [0.1, 0.15) is 29.0 Å². The molecule has 0 saturated carbocycles. The van der Waals surface area contributed by atoms with Gasteiger partial charge in [0.2, 0.25) is 0 Å². The van der Waals surface area contributed by atoms with Gasteiger partial charge in [0, 0.05) is 28.8 Å². The van der Waals surface area contributed by atoms with Crippen LogP contribution in [-0.4, -0.2) is 35.8 Å². The average molecular weight is 504 g/mol. The highest BCUT2D eigenvalue weighted by atomic mass is 19.4. The van der Waals surface area contributed by atoms with E-state index in [1.807, 2.05) is 13.0 Å². The van der Waals surface area contributed by atoms with E-state index in [0.29, 0.717) is 39.6 Å². The van der Waals surface area contributed by atoms with Crippen molar-refractivity contribution in [1.82, 2.24) is 29.9 Å². The van der Waals surface area contributed by atoms with E-state index in [2.05, 4.69) is 40.5 Å². The smallest absolute Gasteiger partial charge is 0.341 e. The minimum Gasteiger partial charge on any atom is -0.341 e. The van der Waals surface area contributed by atoms with Gasteiger partial charge in [0.05, 0.1) is 11.9 Å². The largest absolute Gasteiger partial charge is 0.416 e. The lowest BCUT2D eigenvalue weighted by Crippen LogP contribution is -2.16. The van der Waals surface area contributed by atoms with E-state index < -0.39 is 17.6 Å². The summed E-state index contributed by atoms with van der Waals surface area (Å²) < 4.78 is 39.5. The van der Waals surface area contributed by atoms with Crippen LogP contribution in [0.2, 0.25) is 0 Å². The zero-order valence-electron chi connectivity index (χ0n) is 19.6. The molecule has 5 aromatic rings. The summed E-state index contributed by atoms with van der Waals surface area (Å²) in [6.07, 6.45) is -0.0150. The molecule has 0 bridgehead atoms. The van der Waals surface area contributed by atoms with Gasteiger partial charge in [-0.2, -0.15) is 13.2 Å². The first-order valence-corrected chi connectivity index (χ1v) is 11.0. The minimum atomic E-state index is -4.59. The molecular weight excluding hydrogens is 485 g/mol. The molecule has 0 atom stereocenters. The predicted octanol–water partition coefficient (Wildman–Crippen LogP) is 5.44. The number of fused-ring (bicyclic) bond motifs is 1. The summed E-state index contributed by atoms with van der Waals surface area (Å²) in [7, 11) is 0. The molecule has 0 fully saturated rings. The van der Waals surface area contributed by atoms with Crippen LogP contribution in [0.15, 0.2) is 61.3 Å². The number of aromatic nitrogens is 6. The summed E-state index contributed by atoms with van der Waals surface area (Å²) in [4.78, 5) is 36.9. The summed E-state index contributed by atoms with van der Waals surface area (Å²) in [6.45, 7) is 3.27. The second kappa shape index (κ2) is 9.30. The zero-order chi connectivity index (χ0) is 26.2. The lowest BCUT2D eigenvalue weighted by Gasteiger charge is -2.15. The van der Waals surface area contributed by atoms with E-state index in [1.165, 1.54) is 19.6 Å². The maximum absolute atomic E-state index is 13.2. The second-order valence-corrected chi connectivity index (χ2v) is 8.21. The number of aromatic amines is 1. The number of nitrogens with one attached hydrogen (secondary N) is 3. The van der Waals surface area contributed by atoms with E-state index in [1.54, 1.807) is 30.5 Å². The van der Waals surface area contributed by atoms with Crippen molar-refractivity contribution in [3.63, 3.8) is 0 Å². The number of imidazole rings is 1. The topological polar surface area (TPSA) is 121 Å². The Morgan fingerprint density at radius 1 is 1.00 bits per heavy atom. The molecule has 0 aliphatic rings. The van der Waals surface area contributed by atoms with Gasteiger partial charge in [0.25, 0.3) is 5.91 Å². The van der Waals surface area contributed by atoms with Gasteiger partial charge in [-0.1, -0.05) is 6.07 Å². The maximum Gasteiger partial charge on any atom is 0.416 e. The van der Waals surface area contributed by atoms with Crippen LogP contribution in [0.4, 0.5) is 30.4 Å². The Morgan fingerprint density at radius 2 is 1.84 bits per heavy atom. The number of anilines is 3. The van der Waals surface area contributed by atoms with Gasteiger partial charge in [-0.15, -0.1) is 0 Å². The first kappa shape index (κ1) is 23.9. The molecule has 0 aliphatic heterocycles. The highest BCUT2D eigenvalue weighted by Gasteiger charge is 2.32. The third-order valence-corrected chi connectivity index (χ3v) is 5.55. The predicted molar refractivity (Wildman–Crippen MR) is 131 cm³/mol. The monoisotopic (exact) mass is 504 g/mol. The number of rotatable bonds is 5. The number of carbonyl (C=O) groups excluding carboxylic acids is 1. The first-order valence-electron chi connectivity index (χ1n) is 11.0. The van der Waals surface area contributed by atoms with Crippen LogP contribution in [0.3, 0.4) is 0 Å². The van der Waals surface area contributed by atoms with Crippen molar-refractivity contribution in [3.8, 4) is 11.3 Å². The summed E-state index contributed by atoms with van der Waals surface area (Å²) >= 11 is 0. The highest BCUT2D eigenvalue weighted by molar-refractivity contribution is 6.03. The van der Waals surface area contributed by atoms with E-state index >= 15 is 0 Å². The number of hydrogen-bond donors (Lipinski definition) is 3. The number of H-pyrrole nitrogens is 1. The molecule has 37 heavy (non-hydrogen) atoms. The van der Waals surface area contributed by atoms with Gasteiger partial charge in [-0.05, 0) is 55.8 Å². The molecule has 1 aromatic carbocycles. The van der Waals surface area contributed by atoms with Gasteiger partial charge in [0.15, 0.2) is 5.65 Å². The number of nitrogens with zero attached hydrogens (tertiary/aromatic N) is 5. The van der Waals surface area contributed by atoms with Crippen molar-refractivity contribution in [1.29, 1.82) is 0 Å². The Kier molecular flexibility index (Phi) is 5.99. The van der Waals surface area contributed by atoms with E-state index in [4.69, 9.17) is 0 Å². The van der Waals surface area contributed by atoms with E-state index in [9.17, 15) is 18.0 Å². The van der Waals surface area contributed by atoms with E-state index in [0.717, 1.165) is 17.7 Å². The number of halogens is 3. The van der Waals surface area contributed by atoms with Crippen LogP contribution in [0.5, 0.6) is 0 Å². The summed E-state index contributed by atoms with van der Waals surface area (Å²) in [6, 6.07) is 10.3. The fraction of sp³-hybridized carbons (Fsp3) is 0.120. The molecule has 0 unspecified atom stereocenters. The Labute approximate surface area is 208 Å². The Morgan fingerprint density at radius 3 is 2.65 bits per heavy atom. The lowest BCUT2D eigenvalue weighted by atomic mass is 10.1. The summed E-state index contributed by atoms with van der Waals surface area (Å²) in [5.74, 6) is -0.260. The standard InChI is InChI=1S/C25H19F3N8O/c1-13-5-6-16(35-24(37)19-9-15(25(26,27)28)8-14(2)34-19)10-18(13)36-22-17(4-3-7-29-22)20-21-23(32-11-30-20)33-12-31-21/h3-12H,1-2H3,(H,29,36)(H,35,37)(H,30,31,32,33). The number of alkyl halides is 3. The van der Waals surface area contributed by atoms with Crippen molar-refractivity contribution in [2.24, 2.45) is 0 Å². The third-order valence-electron chi connectivity index (χ3n) is 5.55. The molecule has 4 heterocycles. The van der Waals surface area contributed by atoms with Gasteiger partial charge < -0.3 is 15.6 Å². The third kappa shape index (κ3) is 4.94. The molecule has 4 aromatic heterocycles. The molecule has 0 saturated heterocycles. The van der Waals surface area contributed by atoms with Crippen LogP contribution in [0.25, 0.3) is 22.4 Å².